The van der Waals surface area contributed by atoms with Gasteiger partial charge in [-0.05, 0) is 23.6 Å². The molecule has 16 heavy (non-hydrogen) atoms. The number of hydrogen-bond donors (Lipinski definition) is 0. The summed E-state index contributed by atoms with van der Waals surface area (Å²) in [6.07, 6.45) is 0. The lowest BCUT2D eigenvalue weighted by Crippen LogP contribution is -2.09. The van der Waals surface area contributed by atoms with Gasteiger partial charge in [-0.15, -0.1) is 0 Å². The van der Waals surface area contributed by atoms with E-state index in [4.69, 9.17) is 0 Å². The van der Waals surface area contributed by atoms with Gasteiger partial charge in [0.1, 0.15) is 0 Å². The molecule has 2 rings (SSSR count). The van der Waals surface area contributed by atoms with Crippen molar-refractivity contribution in [2.24, 2.45) is 0 Å². The highest BCUT2D eigenvalue weighted by molar-refractivity contribution is 7.08. The second kappa shape index (κ2) is 4.49. The van der Waals surface area contributed by atoms with Crippen molar-refractivity contribution < 1.29 is 4.79 Å². The van der Waals surface area contributed by atoms with Crippen molar-refractivity contribution in [2.45, 2.75) is 0 Å². The molecule has 1 heterocycles. The highest BCUT2D eigenvalue weighted by atomic mass is 32.1. The maximum atomic E-state index is 12.1. The average molecular weight is 231 g/mol. The zero-order chi connectivity index (χ0) is 11.5. The van der Waals surface area contributed by atoms with Crippen molar-refractivity contribution in [1.82, 2.24) is 0 Å². The lowest BCUT2D eigenvalue weighted by Gasteiger charge is -2.12. The molecule has 0 aliphatic heterocycles. The number of thiophene rings is 1. The Labute approximate surface area is 99.1 Å². The summed E-state index contributed by atoms with van der Waals surface area (Å²) < 4.78 is 0. The molecule has 0 radical (unpaired) electrons. The largest absolute Gasteiger partial charge is 0.378 e. The summed E-state index contributed by atoms with van der Waals surface area (Å²) in [5, 5.41) is 3.80. The van der Waals surface area contributed by atoms with Gasteiger partial charge in [-0.1, -0.05) is 12.1 Å². The number of nitrogens with zero attached hydrogens (tertiary/aromatic N) is 1. The van der Waals surface area contributed by atoms with Gasteiger partial charge in [0.05, 0.1) is 0 Å². The molecule has 0 unspecified atom stereocenters. The van der Waals surface area contributed by atoms with E-state index in [9.17, 15) is 4.79 Å². The van der Waals surface area contributed by atoms with Gasteiger partial charge in [-0.3, -0.25) is 4.79 Å². The van der Waals surface area contributed by atoms with Crippen molar-refractivity contribution in [3.8, 4) is 0 Å². The zero-order valence-corrected chi connectivity index (χ0v) is 10.1. The van der Waals surface area contributed by atoms with Crippen LogP contribution in [0.4, 0.5) is 5.69 Å². The molecule has 0 amide bonds. The Morgan fingerprint density at radius 2 is 2.00 bits per heavy atom. The van der Waals surface area contributed by atoms with Crippen LogP contribution in [0, 0.1) is 0 Å². The third-order valence-electron chi connectivity index (χ3n) is 2.41. The Hall–Kier alpha value is -1.61. The Bertz CT molecular complexity index is 488. The van der Waals surface area contributed by atoms with Crippen LogP contribution in [-0.4, -0.2) is 19.9 Å². The monoisotopic (exact) mass is 231 g/mol. The molecule has 0 aliphatic rings. The Morgan fingerprint density at radius 3 is 2.62 bits per heavy atom. The van der Waals surface area contributed by atoms with Gasteiger partial charge >= 0.3 is 0 Å². The van der Waals surface area contributed by atoms with Gasteiger partial charge < -0.3 is 4.90 Å². The van der Waals surface area contributed by atoms with Crippen LogP contribution in [0.1, 0.15) is 15.9 Å². The van der Waals surface area contributed by atoms with Crippen LogP contribution in [0.5, 0.6) is 0 Å². The van der Waals surface area contributed by atoms with E-state index >= 15 is 0 Å². The van der Waals surface area contributed by atoms with E-state index in [0.717, 1.165) is 16.8 Å². The number of anilines is 1. The molecular formula is C13H13NOS. The predicted molar refractivity (Wildman–Crippen MR) is 68.5 cm³/mol. The summed E-state index contributed by atoms with van der Waals surface area (Å²) in [6.45, 7) is 0. The smallest absolute Gasteiger partial charge is 0.193 e. The molecule has 0 spiro atoms. The molecule has 1 aromatic carbocycles. The van der Waals surface area contributed by atoms with Crippen molar-refractivity contribution in [3.63, 3.8) is 0 Å². The molecule has 0 saturated heterocycles. The standard InChI is InChI=1S/C13H13NOS/c1-14(2)12-5-3-4-10(8-12)13(15)11-6-7-16-9-11/h3-9H,1-2H3. The molecule has 3 heteroatoms. The summed E-state index contributed by atoms with van der Waals surface area (Å²) in [5.41, 5.74) is 2.55. The molecule has 0 bridgehead atoms. The first-order valence-electron chi connectivity index (χ1n) is 5.03. The number of rotatable bonds is 3. The van der Waals surface area contributed by atoms with Gasteiger partial charge in [-0.2, -0.15) is 11.3 Å². The average Bonchev–Trinajstić information content (AvgIpc) is 2.81. The molecule has 0 N–H and O–H groups in total. The second-order valence-electron chi connectivity index (χ2n) is 3.79. The molecule has 1 aromatic heterocycles. The third kappa shape index (κ3) is 2.14. The lowest BCUT2D eigenvalue weighted by atomic mass is 10.1. The van der Waals surface area contributed by atoms with E-state index in [0.29, 0.717) is 0 Å². The van der Waals surface area contributed by atoms with Crippen LogP contribution in [-0.2, 0) is 0 Å². The van der Waals surface area contributed by atoms with Crippen molar-refractivity contribution in [2.75, 3.05) is 19.0 Å². The number of benzene rings is 1. The molecule has 2 aromatic rings. The van der Waals surface area contributed by atoms with E-state index in [1.165, 1.54) is 0 Å². The van der Waals surface area contributed by atoms with E-state index in [1.807, 2.05) is 60.1 Å². The minimum Gasteiger partial charge on any atom is -0.378 e. The van der Waals surface area contributed by atoms with E-state index in [2.05, 4.69) is 0 Å². The van der Waals surface area contributed by atoms with Gasteiger partial charge in [-0.25, -0.2) is 0 Å². The Balaban J connectivity index is 2.34. The lowest BCUT2D eigenvalue weighted by molar-refractivity contribution is 0.103. The second-order valence-corrected chi connectivity index (χ2v) is 4.57. The van der Waals surface area contributed by atoms with Crippen LogP contribution >= 0.6 is 11.3 Å². The first-order chi connectivity index (χ1) is 7.68. The first-order valence-corrected chi connectivity index (χ1v) is 5.97. The predicted octanol–water partition coefficient (Wildman–Crippen LogP) is 3.05. The first kappa shape index (κ1) is 10.9. The zero-order valence-electron chi connectivity index (χ0n) is 9.31. The fourth-order valence-electron chi connectivity index (χ4n) is 1.49. The van der Waals surface area contributed by atoms with E-state index in [-0.39, 0.29) is 5.78 Å². The van der Waals surface area contributed by atoms with Gasteiger partial charge in [0, 0.05) is 36.3 Å². The van der Waals surface area contributed by atoms with Crippen LogP contribution in [0.3, 0.4) is 0 Å². The summed E-state index contributed by atoms with van der Waals surface area (Å²) in [5.74, 6) is 0.0879. The molecule has 0 fully saturated rings. The maximum Gasteiger partial charge on any atom is 0.193 e. The molecule has 82 valence electrons. The number of ketones is 1. The van der Waals surface area contributed by atoms with Gasteiger partial charge in [0.25, 0.3) is 0 Å². The quantitative estimate of drug-likeness (QED) is 0.757. The highest BCUT2D eigenvalue weighted by Gasteiger charge is 2.09. The van der Waals surface area contributed by atoms with Crippen LogP contribution in [0.25, 0.3) is 0 Å². The third-order valence-corrected chi connectivity index (χ3v) is 3.09. The summed E-state index contributed by atoms with van der Waals surface area (Å²) in [7, 11) is 3.93. The minimum absolute atomic E-state index is 0.0879. The molecule has 0 atom stereocenters. The highest BCUT2D eigenvalue weighted by Crippen LogP contribution is 2.17. The fraction of sp³-hybridized carbons (Fsp3) is 0.154. The van der Waals surface area contributed by atoms with Gasteiger partial charge in [0.15, 0.2) is 5.78 Å². The SMILES string of the molecule is CN(C)c1cccc(C(=O)c2ccsc2)c1. The molecule has 0 saturated carbocycles. The summed E-state index contributed by atoms with van der Waals surface area (Å²) in [6, 6.07) is 9.53. The number of carbonyl (C=O) groups is 1. The summed E-state index contributed by atoms with van der Waals surface area (Å²) in [4.78, 5) is 14.1. The van der Waals surface area contributed by atoms with Crippen LogP contribution < -0.4 is 4.90 Å². The fourth-order valence-corrected chi connectivity index (χ4v) is 2.12. The van der Waals surface area contributed by atoms with Crippen LogP contribution in [0.2, 0.25) is 0 Å². The molecular weight excluding hydrogens is 218 g/mol. The molecule has 0 aliphatic carbocycles. The van der Waals surface area contributed by atoms with Crippen LogP contribution in [0.15, 0.2) is 41.1 Å². The Kier molecular flexibility index (Phi) is 3.06. The van der Waals surface area contributed by atoms with Crippen molar-refractivity contribution in [3.05, 3.63) is 52.2 Å². The summed E-state index contributed by atoms with van der Waals surface area (Å²) >= 11 is 1.54. The topological polar surface area (TPSA) is 20.3 Å². The Morgan fingerprint density at radius 1 is 1.19 bits per heavy atom. The molecule has 2 nitrogen and oxygen atoms in total. The number of hydrogen-bond acceptors (Lipinski definition) is 3. The minimum atomic E-state index is 0.0879. The normalized spacial score (nSPS) is 10.1. The maximum absolute atomic E-state index is 12.1. The van der Waals surface area contributed by atoms with Crippen molar-refractivity contribution in [1.29, 1.82) is 0 Å². The van der Waals surface area contributed by atoms with E-state index in [1.54, 1.807) is 11.3 Å². The number of carbonyl (C=O) groups excluding carboxylic acids is 1. The van der Waals surface area contributed by atoms with Crippen molar-refractivity contribution >= 4 is 22.8 Å². The van der Waals surface area contributed by atoms with Gasteiger partial charge in [0.2, 0.25) is 0 Å². The van der Waals surface area contributed by atoms with E-state index < -0.39 is 0 Å².